The fourth-order valence-corrected chi connectivity index (χ4v) is 3.06. The molecule has 0 radical (unpaired) electrons. The number of hydrogen-bond donors (Lipinski definition) is 1. The highest BCUT2D eigenvalue weighted by atomic mass is 16.5. The van der Waals surface area contributed by atoms with Crippen molar-refractivity contribution in [2.75, 3.05) is 46.7 Å². The Bertz CT molecular complexity index is 220. The minimum absolute atomic E-state index is 0.657. The van der Waals surface area contributed by atoms with Crippen molar-refractivity contribution in [3.63, 3.8) is 0 Å². The Hall–Kier alpha value is -0.160. The van der Waals surface area contributed by atoms with Gasteiger partial charge in [0, 0.05) is 19.8 Å². The molecule has 0 heterocycles. The van der Waals surface area contributed by atoms with E-state index in [9.17, 15) is 0 Å². The molecule has 0 aliphatic heterocycles. The standard InChI is InChI=1S/C17H35NO3/c1-3-10-18-17(16-7-4-5-8-16)9-6-11-20-14-15-21-13-12-19-2/h16-18H,3-15H2,1-2H3. The average molecular weight is 301 g/mol. The summed E-state index contributed by atoms with van der Waals surface area (Å²) in [5.41, 5.74) is 0. The van der Waals surface area contributed by atoms with E-state index < -0.39 is 0 Å². The molecule has 1 aliphatic carbocycles. The van der Waals surface area contributed by atoms with Crippen molar-refractivity contribution in [3.05, 3.63) is 0 Å². The summed E-state index contributed by atoms with van der Waals surface area (Å²) in [6.07, 6.45) is 9.28. The van der Waals surface area contributed by atoms with Crippen molar-refractivity contribution < 1.29 is 14.2 Å². The van der Waals surface area contributed by atoms with Crippen molar-refractivity contribution in [3.8, 4) is 0 Å². The fourth-order valence-electron chi connectivity index (χ4n) is 3.06. The predicted octanol–water partition coefficient (Wildman–Crippen LogP) is 3.00. The van der Waals surface area contributed by atoms with E-state index >= 15 is 0 Å². The summed E-state index contributed by atoms with van der Waals surface area (Å²) in [5, 5.41) is 3.74. The summed E-state index contributed by atoms with van der Waals surface area (Å²) in [4.78, 5) is 0. The van der Waals surface area contributed by atoms with Crippen molar-refractivity contribution in [2.24, 2.45) is 5.92 Å². The molecule has 0 bridgehead atoms. The molecule has 126 valence electrons. The monoisotopic (exact) mass is 301 g/mol. The lowest BCUT2D eigenvalue weighted by Crippen LogP contribution is -2.35. The smallest absolute Gasteiger partial charge is 0.0701 e. The van der Waals surface area contributed by atoms with Gasteiger partial charge in [-0.1, -0.05) is 19.8 Å². The molecule has 0 saturated heterocycles. The van der Waals surface area contributed by atoms with Gasteiger partial charge in [-0.15, -0.1) is 0 Å². The number of ether oxygens (including phenoxy) is 3. The molecule has 1 unspecified atom stereocenters. The molecule has 1 aliphatic rings. The lowest BCUT2D eigenvalue weighted by molar-refractivity contribution is 0.0234. The normalized spacial score (nSPS) is 17.4. The maximum Gasteiger partial charge on any atom is 0.0701 e. The van der Waals surface area contributed by atoms with E-state index in [0.717, 1.165) is 25.5 Å². The van der Waals surface area contributed by atoms with E-state index in [1.54, 1.807) is 7.11 Å². The summed E-state index contributed by atoms with van der Waals surface area (Å²) < 4.78 is 15.9. The molecule has 1 N–H and O–H groups in total. The maximum absolute atomic E-state index is 5.64. The Labute approximate surface area is 130 Å². The molecule has 1 rings (SSSR count). The molecule has 0 spiro atoms. The molecular weight excluding hydrogens is 266 g/mol. The molecule has 0 aromatic carbocycles. The lowest BCUT2D eigenvalue weighted by atomic mass is 9.94. The van der Waals surface area contributed by atoms with Crippen LogP contribution in [0.15, 0.2) is 0 Å². The molecule has 21 heavy (non-hydrogen) atoms. The van der Waals surface area contributed by atoms with E-state index in [1.165, 1.54) is 38.5 Å². The zero-order chi connectivity index (χ0) is 15.2. The minimum Gasteiger partial charge on any atom is -0.382 e. The SMILES string of the molecule is CCCNC(CCCOCCOCCOC)C1CCCC1. The first kappa shape index (κ1) is 18.9. The van der Waals surface area contributed by atoms with Gasteiger partial charge >= 0.3 is 0 Å². The second-order valence-corrected chi connectivity index (χ2v) is 5.96. The van der Waals surface area contributed by atoms with Gasteiger partial charge in [-0.3, -0.25) is 0 Å². The quantitative estimate of drug-likeness (QED) is 0.501. The van der Waals surface area contributed by atoms with Gasteiger partial charge in [0.25, 0.3) is 0 Å². The lowest BCUT2D eigenvalue weighted by Gasteiger charge is -2.24. The van der Waals surface area contributed by atoms with Crippen LogP contribution < -0.4 is 5.32 Å². The summed E-state index contributed by atoms with van der Waals surface area (Å²) in [7, 11) is 1.69. The fraction of sp³-hybridized carbons (Fsp3) is 1.00. The Balaban J connectivity index is 1.99. The van der Waals surface area contributed by atoms with E-state index in [4.69, 9.17) is 14.2 Å². The second-order valence-electron chi connectivity index (χ2n) is 5.96. The average Bonchev–Trinajstić information content (AvgIpc) is 3.02. The molecule has 4 nitrogen and oxygen atoms in total. The van der Waals surface area contributed by atoms with E-state index in [0.29, 0.717) is 32.5 Å². The Morgan fingerprint density at radius 2 is 1.67 bits per heavy atom. The van der Waals surface area contributed by atoms with Crippen LogP contribution in [0.1, 0.15) is 51.9 Å². The Morgan fingerprint density at radius 3 is 2.33 bits per heavy atom. The summed E-state index contributed by atoms with van der Waals surface area (Å²) >= 11 is 0. The topological polar surface area (TPSA) is 39.7 Å². The van der Waals surface area contributed by atoms with Crippen LogP contribution in [0.25, 0.3) is 0 Å². The molecule has 0 aromatic rings. The van der Waals surface area contributed by atoms with Crippen molar-refractivity contribution >= 4 is 0 Å². The largest absolute Gasteiger partial charge is 0.382 e. The summed E-state index contributed by atoms with van der Waals surface area (Å²) in [6, 6.07) is 0.703. The van der Waals surface area contributed by atoms with E-state index in [2.05, 4.69) is 12.2 Å². The Morgan fingerprint density at radius 1 is 1.00 bits per heavy atom. The number of methoxy groups -OCH3 is 1. The van der Waals surface area contributed by atoms with Crippen LogP contribution in [0.4, 0.5) is 0 Å². The molecule has 1 fully saturated rings. The summed E-state index contributed by atoms with van der Waals surface area (Å²) in [6.45, 7) is 6.92. The third-order valence-corrected chi connectivity index (χ3v) is 4.23. The number of nitrogens with one attached hydrogen (secondary N) is 1. The molecule has 1 atom stereocenters. The molecular formula is C17H35NO3. The van der Waals surface area contributed by atoms with Gasteiger partial charge in [0.1, 0.15) is 0 Å². The minimum atomic E-state index is 0.657. The molecule has 1 saturated carbocycles. The van der Waals surface area contributed by atoms with Gasteiger partial charge in [-0.2, -0.15) is 0 Å². The van der Waals surface area contributed by atoms with Crippen molar-refractivity contribution in [2.45, 2.75) is 57.9 Å². The van der Waals surface area contributed by atoms with Crippen LogP contribution in [0.3, 0.4) is 0 Å². The first-order valence-corrected chi connectivity index (χ1v) is 8.76. The summed E-state index contributed by atoms with van der Waals surface area (Å²) in [5.74, 6) is 0.897. The highest BCUT2D eigenvalue weighted by Crippen LogP contribution is 2.29. The number of hydrogen-bond acceptors (Lipinski definition) is 4. The van der Waals surface area contributed by atoms with Crippen LogP contribution in [0.5, 0.6) is 0 Å². The van der Waals surface area contributed by atoms with Crippen LogP contribution in [0, 0.1) is 5.92 Å². The molecule has 0 amide bonds. The zero-order valence-electron chi connectivity index (χ0n) is 14.1. The van der Waals surface area contributed by atoms with Crippen LogP contribution in [-0.4, -0.2) is 52.7 Å². The third kappa shape index (κ3) is 9.46. The zero-order valence-corrected chi connectivity index (χ0v) is 14.1. The highest BCUT2D eigenvalue weighted by molar-refractivity contribution is 4.80. The number of rotatable bonds is 14. The van der Waals surface area contributed by atoms with Crippen LogP contribution >= 0.6 is 0 Å². The van der Waals surface area contributed by atoms with Gasteiger partial charge < -0.3 is 19.5 Å². The van der Waals surface area contributed by atoms with Gasteiger partial charge in [0.05, 0.1) is 26.4 Å². The third-order valence-electron chi connectivity index (χ3n) is 4.23. The first-order chi connectivity index (χ1) is 10.4. The first-order valence-electron chi connectivity index (χ1n) is 8.76. The predicted molar refractivity (Wildman–Crippen MR) is 86.8 cm³/mol. The van der Waals surface area contributed by atoms with Gasteiger partial charge in [-0.25, -0.2) is 0 Å². The highest BCUT2D eigenvalue weighted by Gasteiger charge is 2.23. The van der Waals surface area contributed by atoms with Gasteiger partial charge in [-0.05, 0) is 44.6 Å². The Kier molecular flexibility index (Phi) is 12.1. The maximum atomic E-state index is 5.64. The second kappa shape index (κ2) is 13.5. The van der Waals surface area contributed by atoms with E-state index in [-0.39, 0.29) is 0 Å². The van der Waals surface area contributed by atoms with Crippen molar-refractivity contribution in [1.82, 2.24) is 5.32 Å². The van der Waals surface area contributed by atoms with E-state index in [1.807, 2.05) is 0 Å². The van der Waals surface area contributed by atoms with Crippen LogP contribution in [-0.2, 0) is 14.2 Å². The molecule has 4 heteroatoms. The van der Waals surface area contributed by atoms with Gasteiger partial charge in [0.2, 0.25) is 0 Å². The van der Waals surface area contributed by atoms with Crippen molar-refractivity contribution in [1.29, 1.82) is 0 Å². The molecule has 0 aromatic heterocycles. The van der Waals surface area contributed by atoms with Gasteiger partial charge in [0.15, 0.2) is 0 Å². The van der Waals surface area contributed by atoms with Crippen LogP contribution in [0.2, 0.25) is 0 Å².